The van der Waals surface area contributed by atoms with E-state index in [1.54, 1.807) is 0 Å². The van der Waals surface area contributed by atoms with Crippen molar-refractivity contribution in [3.8, 4) is 0 Å². The SMILES string of the molecule is CC(C)(COP(=O)(O)OP(=O)(O)OC[C@H]1O[C@@H](n2cnc3c(N)ncnc32)C[C@H]1OP(=O)(O)O)[C@@H](O)C(=O)NCCC(=O)NCCS. The molecule has 2 amide bonds. The van der Waals surface area contributed by atoms with Crippen LogP contribution in [0.25, 0.3) is 11.2 Å². The van der Waals surface area contributed by atoms with E-state index in [4.69, 9.17) is 24.0 Å². The number of nitrogens with zero attached hydrogens (tertiary/aromatic N) is 4. The van der Waals surface area contributed by atoms with Crippen molar-refractivity contribution < 1.29 is 70.6 Å². The molecule has 3 rings (SSSR count). The van der Waals surface area contributed by atoms with Crippen molar-refractivity contribution in [2.24, 2.45) is 5.41 Å². The molecule has 0 saturated carbocycles. The first-order valence-electron chi connectivity index (χ1n) is 13.6. The number of carbonyl (C=O) groups is 2. The van der Waals surface area contributed by atoms with Crippen molar-refractivity contribution in [3.05, 3.63) is 12.7 Å². The summed E-state index contributed by atoms with van der Waals surface area (Å²) in [5.41, 5.74) is 4.63. The van der Waals surface area contributed by atoms with E-state index in [9.17, 15) is 48.0 Å². The highest BCUT2D eigenvalue weighted by molar-refractivity contribution is 7.80. The number of rotatable bonds is 18. The van der Waals surface area contributed by atoms with Crippen LogP contribution in [0.1, 0.15) is 32.9 Å². The highest BCUT2D eigenvalue weighted by Gasteiger charge is 2.45. The lowest BCUT2D eigenvalue weighted by atomic mass is 9.87. The van der Waals surface area contributed by atoms with Crippen LogP contribution in [0, 0.1) is 5.41 Å². The quantitative estimate of drug-likeness (QED) is 0.0676. The Bertz CT molecular complexity index is 1560. The first-order valence-corrected chi connectivity index (χ1v) is 18.7. The van der Waals surface area contributed by atoms with Crippen LogP contribution in [-0.4, -0.2) is 106 Å². The molecule has 1 aliphatic heterocycles. The highest BCUT2D eigenvalue weighted by atomic mass is 32.1. The summed E-state index contributed by atoms with van der Waals surface area (Å²) >= 11 is 3.95. The van der Waals surface area contributed by atoms with Crippen LogP contribution in [0.15, 0.2) is 12.7 Å². The van der Waals surface area contributed by atoms with E-state index >= 15 is 0 Å². The summed E-state index contributed by atoms with van der Waals surface area (Å²) in [6.45, 7) is 1.00. The summed E-state index contributed by atoms with van der Waals surface area (Å²) in [7, 11) is -15.9. The second-order valence-electron chi connectivity index (χ2n) is 10.7. The minimum atomic E-state index is -5.44. The van der Waals surface area contributed by atoms with Crippen molar-refractivity contribution in [1.29, 1.82) is 0 Å². The van der Waals surface area contributed by atoms with Crippen molar-refractivity contribution in [1.82, 2.24) is 30.2 Å². The van der Waals surface area contributed by atoms with Gasteiger partial charge in [0.1, 0.15) is 36.4 Å². The number of ether oxygens (including phenoxy) is 1. The van der Waals surface area contributed by atoms with Gasteiger partial charge < -0.3 is 45.8 Å². The number of carbonyl (C=O) groups excluding carboxylic acids is 2. The van der Waals surface area contributed by atoms with Crippen molar-refractivity contribution in [2.75, 3.05) is 37.8 Å². The monoisotopic (exact) mass is 751 g/mol. The van der Waals surface area contributed by atoms with Crippen LogP contribution in [0.5, 0.6) is 0 Å². The predicted octanol–water partition coefficient (Wildman–Crippen LogP) is -0.636. The Hall–Kier alpha value is -2.07. The molecule has 47 heavy (non-hydrogen) atoms. The average molecular weight is 752 g/mol. The molecule has 1 fully saturated rings. The van der Waals surface area contributed by atoms with Gasteiger partial charge in [-0.05, 0) is 0 Å². The first-order chi connectivity index (χ1) is 21.7. The second kappa shape index (κ2) is 16.1. The number of nitrogen functional groups attached to an aromatic ring is 1. The molecule has 22 nitrogen and oxygen atoms in total. The van der Waals surface area contributed by atoms with Gasteiger partial charge in [-0.2, -0.15) is 16.9 Å². The minimum absolute atomic E-state index is 0.0475. The zero-order valence-corrected chi connectivity index (χ0v) is 28.5. The molecule has 266 valence electrons. The van der Waals surface area contributed by atoms with Gasteiger partial charge in [0.15, 0.2) is 11.5 Å². The third kappa shape index (κ3) is 11.8. The molecule has 0 aliphatic carbocycles. The standard InChI is InChI=1S/C21H36N7O15P3S/c1-21(2,17(30)20(31)24-4-3-14(29)23-5-6-47)9-40-46(37,38)43-45(35,36)39-8-13-12(42-44(32,33)34)7-15(41-13)28-11-27-16-18(22)25-10-26-19(16)28/h10-13,15,17,30,47H,3-9H2,1-2H3,(H,23,29)(H,24,31)(H,35,36)(H,37,38)(H2,22,25,26)(H2,32,33,34)/t12-,13-,15-,17+/m1/s1. The zero-order chi connectivity index (χ0) is 35.2. The summed E-state index contributed by atoms with van der Waals surface area (Å²) < 4.78 is 62.3. The van der Waals surface area contributed by atoms with Gasteiger partial charge in [0.25, 0.3) is 0 Å². The lowest BCUT2D eigenvalue weighted by Gasteiger charge is -2.30. The molecule has 0 aromatic carbocycles. The smallest absolute Gasteiger partial charge is 0.383 e. The molecular weight excluding hydrogens is 715 g/mol. The summed E-state index contributed by atoms with van der Waals surface area (Å²) in [6.07, 6.45) is -3.61. The maximum absolute atomic E-state index is 12.6. The summed E-state index contributed by atoms with van der Waals surface area (Å²) in [6, 6.07) is 0. The van der Waals surface area contributed by atoms with Gasteiger partial charge in [0, 0.05) is 37.1 Å². The maximum Gasteiger partial charge on any atom is 0.481 e. The third-order valence-corrected chi connectivity index (χ3v) is 9.78. The Balaban J connectivity index is 1.57. The molecule has 1 aliphatic rings. The maximum atomic E-state index is 12.6. The number of phosphoric ester groups is 3. The number of aliphatic hydroxyl groups is 1. The number of anilines is 1. The molecule has 26 heteroatoms. The Morgan fingerprint density at radius 3 is 2.47 bits per heavy atom. The molecular formula is C21H36N7O15P3S. The van der Waals surface area contributed by atoms with E-state index in [0.29, 0.717) is 12.3 Å². The van der Waals surface area contributed by atoms with Gasteiger partial charge >= 0.3 is 23.5 Å². The van der Waals surface area contributed by atoms with Crippen LogP contribution in [0.4, 0.5) is 5.82 Å². The Kier molecular flexibility index (Phi) is 13.5. The highest BCUT2D eigenvalue weighted by Crippen LogP contribution is 2.61. The van der Waals surface area contributed by atoms with Crippen molar-refractivity contribution >= 4 is 64.9 Å². The van der Waals surface area contributed by atoms with E-state index in [2.05, 4.69) is 42.5 Å². The first kappa shape index (κ1) is 39.4. The number of nitrogens with one attached hydrogen (secondary N) is 2. The van der Waals surface area contributed by atoms with Gasteiger partial charge in [0.05, 0.1) is 19.5 Å². The number of hydrogen-bond acceptors (Lipinski definition) is 16. The third-order valence-electron chi connectivity index (χ3n) is 6.43. The topological polar surface area (TPSA) is 326 Å². The Morgan fingerprint density at radius 2 is 1.81 bits per heavy atom. The van der Waals surface area contributed by atoms with Crippen LogP contribution in [0.3, 0.4) is 0 Å². The fraction of sp³-hybridized carbons (Fsp3) is 0.667. The molecule has 9 N–H and O–H groups in total. The van der Waals surface area contributed by atoms with Gasteiger partial charge in [-0.15, -0.1) is 0 Å². The molecule has 0 bridgehead atoms. The largest absolute Gasteiger partial charge is 0.481 e. The summed E-state index contributed by atoms with van der Waals surface area (Å²) in [5.74, 6) is -0.816. The van der Waals surface area contributed by atoms with Crippen LogP contribution < -0.4 is 16.4 Å². The number of fused-ring (bicyclic) bond motifs is 1. The van der Waals surface area contributed by atoms with Gasteiger partial charge in [-0.1, -0.05) is 13.8 Å². The van der Waals surface area contributed by atoms with E-state index in [1.165, 1.54) is 24.7 Å². The average Bonchev–Trinajstić information content (AvgIpc) is 3.57. The van der Waals surface area contributed by atoms with Gasteiger partial charge in [-0.25, -0.2) is 28.6 Å². The van der Waals surface area contributed by atoms with Gasteiger partial charge in [0.2, 0.25) is 11.8 Å². The van der Waals surface area contributed by atoms with E-state index in [1.807, 2.05) is 0 Å². The Labute approximate surface area is 272 Å². The summed E-state index contributed by atoms with van der Waals surface area (Å²) in [5, 5.41) is 15.3. The summed E-state index contributed by atoms with van der Waals surface area (Å²) in [4.78, 5) is 74.8. The predicted molar refractivity (Wildman–Crippen MR) is 162 cm³/mol. The zero-order valence-electron chi connectivity index (χ0n) is 24.9. The molecule has 2 aromatic heterocycles. The molecule has 1 saturated heterocycles. The number of imidazole rings is 1. The number of hydrogen-bond donors (Lipinski definition) is 9. The lowest BCUT2D eigenvalue weighted by Crippen LogP contribution is -2.46. The fourth-order valence-electron chi connectivity index (χ4n) is 4.10. The number of aliphatic hydroxyl groups excluding tert-OH is 1. The Morgan fingerprint density at radius 1 is 1.13 bits per heavy atom. The number of phosphoric acid groups is 3. The second-order valence-corrected chi connectivity index (χ2v) is 15.4. The molecule has 6 atom stereocenters. The molecule has 0 radical (unpaired) electrons. The number of amides is 2. The lowest BCUT2D eigenvalue weighted by molar-refractivity contribution is -0.137. The molecule has 2 unspecified atom stereocenters. The van der Waals surface area contributed by atoms with E-state index < -0.39 is 72.5 Å². The van der Waals surface area contributed by atoms with E-state index in [-0.39, 0.29) is 42.3 Å². The fourth-order valence-corrected chi connectivity index (χ4v) is 7.03. The normalized spacial score (nSPS) is 22.0. The molecule has 3 heterocycles. The van der Waals surface area contributed by atoms with Crippen LogP contribution >= 0.6 is 36.1 Å². The van der Waals surface area contributed by atoms with Gasteiger partial charge in [-0.3, -0.25) is 27.7 Å². The van der Waals surface area contributed by atoms with E-state index in [0.717, 1.165) is 6.33 Å². The van der Waals surface area contributed by atoms with Crippen molar-refractivity contribution in [3.63, 3.8) is 0 Å². The van der Waals surface area contributed by atoms with Crippen LogP contribution in [0.2, 0.25) is 0 Å². The number of nitrogens with two attached hydrogens (primary N) is 1. The number of thiol groups is 1. The number of aromatic nitrogens is 4. The molecule has 0 spiro atoms. The molecule has 2 aromatic rings. The van der Waals surface area contributed by atoms with Crippen LogP contribution in [-0.2, 0) is 45.9 Å². The van der Waals surface area contributed by atoms with Crippen molar-refractivity contribution in [2.45, 2.75) is 51.2 Å². The minimum Gasteiger partial charge on any atom is -0.383 e.